The van der Waals surface area contributed by atoms with Crippen LogP contribution in [0.15, 0.2) is 54.1 Å². The molecule has 0 bridgehead atoms. The zero-order chi connectivity index (χ0) is 23.6. The molecule has 11 heteroatoms. The van der Waals surface area contributed by atoms with Gasteiger partial charge in [0.05, 0.1) is 35.6 Å². The summed E-state index contributed by atoms with van der Waals surface area (Å²) in [7, 11) is 0. The van der Waals surface area contributed by atoms with Crippen LogP contribution in [0.4, 0.5) is 35.1 Å². The van der Waals surface area contributed by atoms with Crippen LogP contribution in [0.1, 0.15) is 23.6 Å². The maximum Gasteiger partial charge on any atom is 0.416 e. The summed E-state index contributed by atoms with van der Waals surface area (Å²) in [5.41, 5.74) is -4.01. The second kappa shape index (κ2) is 8.64. The Morgan fingerprint density at radius 2 is 1.52 bits per heavy atom. The molecule has 2 rings (SSSR count). The Balaban J connectivity index is 2.34. The van der Waals surface area contributed by atoms with E-state index in [0.717, 1.165) is 17.1 Å². The molecule has 3 nitrogen and oxygen atoms in total. The lowest BCUT2D eigenvalue weighted by molar-refractivity contribution is -0.160. The molecule has 1 heterocycles. The quantitative estimate of drug-likeness (QED) is 0.318. The van der Waals surface area contributed by atoms with Gasteiger partial charge in [-0.2, -0.15) is 26.3 Å². The summed E-state index contributed by atoms with van der Waals surface area (Å²) < 4.78 is 104. The van der Waals surface area contributed by atoms with E-state index < -0.39 is 59.7 Å². The van der Waals surface area contributed by atoms with E-state index in [-0.39, 0.29) is 11.8 Å². The summed E-state index contributed by atoms with van der Waals surface area (Å²) in [6, 6.07) is 0.936. The van der Waals surface area contributed by atoms with Crippen LogP contribution in [0.25, 0.3) is 5.70 Å². The first-order chi connectivity index (χ1) is 14.1. The predicted molar refractivity (Wildman–Crippen MR) is 98.4 cm³/mol. The zero-order valence-electron chi connectivity index (χ0n) is 16.0. The minimum absolute atomic E-state index is 0.0191. The number of alkyl halides is 8. The van der Waals surface area contributed by atoms with Crippen molar-refractivity contribution in [1.29, 1.82) is 0 Å². The van der Waals surface area contributed by atoms with Crippen molar-refractivity contribution in [2.24, 2.45) is 4.99 Å². The lowest BCUT2D eigenvalue weighted by Gasteiger charge is -2.37. The molecule has 1 amide bonds. The van der Waals surface area contributed by atoms with Crippen molar-refractivity contribution in [3.63, 3.8) is 0 Å². The van der Waals surface area contributed by atoms with E-state index in [0.29, 0.717) is 12.1 Å². The van der Waals surface area contributed by atoms with Gasteiger partial charge in [-0.15, -0.1) is 0 Å². The second-order valence-corrected chi connectivity index (χ2v) is 6.66. The minimum atomic E-state index is -5.03. The van der Waals surface area contributed by atoms with Crippen LogP contribution in [0.5, 0.6) is 0 Å². The first-order valence-corrected chi connectivity index (χ1v) is 8.67. The maximum atomic E-state index is 13.0. The fraction of sp³-hybridized carbons (Fsp3) is 0.300. The molecule has 0 saturated carbocycles. The Morgan fingerprint density at radius 1 is 1.00 bits per heavy atom. The number of hydrogen-bond donors (Lipinski definition) is 0. The highest BCUT2D eigenvalue weighted by Crippen LogP contribution is 2.37. The summed E-state index contributed by atoms with van der Waals surface area (Å²) in [6.07, 6.45) is -5.27. The molecule has 1 aromatic rings. The van der Waals surface area contributed by atoms with Gasteiger partial charge >= 0.3 is 12.4 Å². The summed E-state index contributed by atoms with van der Waals surface area (Å²) in [5, 5.41) is 0. The SMILES string of the molecule is C=C(/N=C(\C=C/C)/C=C/C(=O)N1CC(F)(F)C1)c1cc(C(F)(F)F)cc(C(F)(F)F)c1. The third-order valence-electron chi connectivity index (χ3n) is 4.08. The Morgan fingerprint density at radius 3 is 1.94 bits per heavy atom. The smallest absolute Gasteiger partial charge is 0.327 e. The highest BCUT2D eigenvalue weighted by atomic mass is 19.4. The van der Waals surface area contributed by atoms with Crippen LogP contribution >= 0.6 is 0 Å². The van der Waals surface area contributed by atoms with Gasteiger partial charge in [0, 0.05) is 11.6 Å². The number of carbonyl (C=O) groups excluding carboxylic acids is 1. The normalized spacial score (nSPS) is 17.3. The number of aliphatic imine (C=N–C) groups is 1. The molecule has 0 atom stereocenters. The Hall–Kier alpha value is -2.98. The molecule has 1 aromatic carbocycles. The molecule has 0 unspecified atom stereocenters. The van der Waals surface area contributed by atoms with Crippen LogP contribution < -0.4 is 0 Å². The Labute approximate surface area is 172 Å². The molecule has 0 aromatic heterocycles. The van der Waals surface area contributed by atoms with E-state index in [9.17, 15) is 39.9 Å². The van der Waals surface area contributed by atoms with E-state index in [4.69, 9.17) is 0 Å². The molecule has 1 saturated heterocycles. The zero-order valence-corrected chi connectivity index (χ0v) is 16.0. The van der Waals surface area contributed by atoms with Gasteiger partial charge in [-0.3, -0.25) is 4.79 Å². The average molecular weight is 452 g/mol. The van der Waals surface area contributed by atoms with E-state index >= 15 is 0 Å². The highest BCUT2D eigenvalue weighted by Gasteiger charge is 2.45. The van der Waals surface area contributed by atoms with Crippen LogP contribution in [-0.2, 0) is 17.1 Å². The van der Waals surface area contributed by atoms with Gasteiger partial charge in [0.25, 0.3) is 5.92 Å². The summed E-state index contributed by atoms with van der Waals surface area (Å²) in [6.45, 7) is 3.48. The average Bonchev–Trinajstić information content (AvgIpc) is 2.62. The van der Waals surface area contributed by atoms with Crippen LogP contribution in [0, 0.1) is 0 Å². The van der Waals surface area contributed by atoms with Gasteiger partial charge < -0.3 is 4.90 Å². The maximum absolute atomic E-state index is 13.0. The van der Waals surface area contributed by atoms with Crippen molar-refractivity contribution in [2.75, 3.05) is 13.1 Å². The number of amides is 1. The largest absolute Gasteiger partial charge is 0.416 e. The first-order valence-electron chi connectivity index (χ1n) is 8.67. The standard InChI is InChI=1S/C20H16F8N2O/c1-3-4-16(5-6-17(31)30-10-18(21,22)11-30)29-12(2)13-7-14(19(23,24)25)9-15(8-13)20(26,27)28/h3-9H,2,10-11H2,1H3/b4-3-,6-5+,29-16+. The number of hydrogen-bond acceptors (Lipinski definition) is 2. The molecule has 168 valence electrons. The molecule has 0 radical (unpaired) electrons. The summed E-state index contributed by atoms with van der Waals surface area (Å²) in [5.74, 6) is -3.70. The predicted octanol–water partition coefficient (Wildman–Crippen LogP) is 5.75. The molecule has 31 heavy (non-hydrogen) atoms. The molecule has 1 aliphatic rings. The topological polar surface area (TPSA) is 32.7 Å². The number of likely N-dealkylation sites (tertiary alicyclic amines) is 1. The monoisotopic (exact) mass is 452 g/mol. The van der Waals surface area contributed by atoms with Gasteiger partial charge in [-0.25, -0.2) is 13.8 Å². The van der Waals surface area contributed by atoms with Gasteiger partial charge in [0.1, 0.15) is 0 Å². The fourth-order valence-electron chi connectivity index (χ4n) is 2.57. The van der Waals surface area contributed by atoms with Gasteiger partial charge in [0.15, 0.2) is 0 Å². The van der Waals surface area contributed by atoms with Crippen LogP contribution in [-0.4, -0.2) is 35.5 Å². The van der Waals surface area contributed by atoms with Crippen LogP contribution in [0.3, 0.4) is 0 Å². The number of allylic oxidation sites excluding steroid dienone is 3. The Kier molecular flexibility index (Phi) is 6.77. The highest BCUT2D eigenvalue weighted by molar-refractivity contribution is 6.09. The number of carbonyl (C=O) groups is 1. The Bertz CT molecular complexity index is 915. The molecule has 0 N–H and O–H groups in total. The summed E-state index contributed by atoms with van der Waals surface area (Å²) in [4.78, 5) is 16.6. The van der Waals surface area contributed by atoms with Crippen molar-refractivity contribution in [3.05, 3.63) is 65.8 Å². The van der Waals surface area contributed by atoms with Gasteiger partial charge in [-0.05, 0) is 37.3 Å². The number of nitrogens with zero attached hydrogens (tertiary/aromatic N) is 2. The molecule has 1 aliphatic heterocycles. The van der Waals surface area contributed by atoms with E-state index in [1.54, 1.807) is 6.92 Å². The van der Waals surface area contributed by atoms with E-state index in [1.807, 2.05) is 0 Å². The molecule has 1 fully saturated rings. The van der Waals surface area contributed by atoms with E-state index in [2.05, 4.69) is 11.6 Å². The number of halogens is 8. The molecule has 0 spiro atoms. The van der Waals surface area contributed by atoms with Crippen LogP contribution in [0.2, 0.25) is 0 Å². The van der Waals surface area contributed by atoms with Crippen molar-refractivity contribution in [3.8, 4) is 0 Å². The first kappa shape index (κ1) is 24.3. The second-order valence-electron chi connectivity index (χ2n) is 6.66. The van der Waals surface area contributed by atoms with Crippen molar-refractivity contribution in [1.82, 2.24) is 4.90 Å². The lowest BCUT2D eigenvalue weighted by atomic mass is 10.0. The third-order valence-corrected chi connectivity index (χ3v) is 4.08. The van der Waals surface area contributed by atoms with Gasteiger partial charge in [-0.1, -0.05) is 12.7 Å². The summed E-state index contributed by atoms with van der Waals surface area (Å²) >= 11 is 0. The van der Waals surface area contributed by atoms with Crippen molar-refractivity contribution < 1.29 is 39.9 Å². The fourth-order valence-corrected chi connectivity index (χ4v) is 2.57. The van der Waals surface area contributed by atoms with E-state index in [1.165, 1.54) is 12.2 Å². The third kappa shape index (κ3) is 6.50. The number of benzene rings is 1. The van der Waals surface area contributed by atoms with Gasteiger partial charge in [0.2, 0.25) is 5.91 Å². The molecular weight excluding hydrogens is 436 g/mol. The minimum Gasteiger partial charge on any atom is -0.327 e. The lowest BCUT2D eigenvalue weighted by Crippen LogP contribution is -2.58. The molecule has 0 aliphatic carbocycles. The number of rotatable bonds is 5. The van der Waals surface area contributed by atoms with Crippen molar-refractivity contribution >= 4 is 17.3 Å². The molecular formula is C20H16F8N2O. The van der Waals surface area contributed by atoms with Crippen molar-refractivity contribution in [2.45, 2.75) is 25.2 Å².